The SMILES string of the molecule is CCOC(=O)NC(=O)c1c(NC(=O)c2ccc(OC)c(OC)c2)sc(C)c1C. The van der Waals surface area contributed by atoms with Crippen LogP contribution in [0.15, 0.2) is 18.2 Å². The molecule has 0 saturated carbocycles. The average Bonchev–Trinajstić information content (AvgIpc) is 2.94. The number of anilines is 1. The molecule has 3 amide bonds. The van der Waals surface area contributed by atoms with E-state index in [1.807, 2.05) is 6.92 Å². The number of carbonyl (C=O) groups excluding carboxylic acids is 3. The predicted octanol–water partition coefficient (Wildman–Crippen LogP) is 3.52. The van der Waals surface area contributed by atoms with Crippen molar-refractivity contribution in [3.63, 3.8) is 0 Å². The van der Waals surface area contributed by atoms with Gasteiger partial charge in [-0.3, -0.25) is 14.9 Å². The lowest BCUT2D eigenvalue weighted by Gasteiger charge is -2.10. The summed E-state index contributed by atoms with van der Waals surface area (Å²) in [6, 6.07) is 4.75. The summed E-state index contributed by atoms with van der Waals surface area (Å²) < 4.78 is 15.1. The Morgan fingerprint density at radius 3 is 2.32 bits per heavy atom. The van der Waals surface area contributed by atoms with E-state index in [4.69, 9.17) is 14.2 Å². The Bertz CT molecular complexity index is 906. The van der Waals surface area contributed by atoms with Crippen LogP contribution in [-0.2, 0) is 4.74 Å². The lowest BCUT2D eigenvalue weighted by atomic mass is 10.1. The zero-order valence-corrected chi connectivity index (χ0v) is 17.1. The molecule has 2 N–H and O–H groups in total. The molecule has 0 spiro atoms. The number of hydrogen-bond acceptors (Lipinski definition) is 7. The number of methoxy groups -OCH3 is 2. The van der Waals surface area contributed by atoms with Crippen LogP contribution < -0.4 is 20.1 Å². The first-order valence-corrected chi connectivity index (χ1v) is 9.25. The summed E-state index contributed by atoms with van der Waals surface area (Å²) >= 11 is 1.25. The molecule has 150 valence electrons. The van der Waals surface area contributed by atoms with Crippen molar-refractivity contribution in [1.82, 2.24) is 5.32 Å². The van der Waals surface area contributed by atoms with Crippen molar-refractivity contribution in [2.45, 2.75) is 20.8 Å². The molecule has 0 atom stereocenters. The molecule has 9 heteroatoms. The fourth-order valence-corrected chi connectivity index (χ4v) is 3.52. The molecule has 0 aliphatic rings. The summed E-state index contributed by atoms with van der Waals surface area (Å²) in [5.41, 5.74) is 1.23. The quantitative estimate of drug-likeness (QED) is 0.761. The molecular formula is C19H22N2O6S. The molecule has 28 heavy (non-hydrogen) atoms. The molecule has 0 fully saturated rings. The van der Waals surface area contributed by atoms with Gasteiger partial charge in [0.2, 0.25) is 0 Å². The fraction of sp³-hybridized carbons (Fsp3) is 0.316. The Kier molecular flexibility index (Phi) is 7.00. The highest BCUT2D eigenvalue weighted by Gasteiger charge is 2.23. The van der Waals surface area contributed by atoms with Crippen molar-refractivity contribution < 1.29 is 28.6 Å². The third kappa shape index (κ3) is 4.61. The minimum atomic E-state index is -0.840. The normalized spacial score (nSPS) is 10.2. The highest BCUT2D eigenvalue weighted by Crippen LogP contribution is 2.33. The first-order chi connectivity index (χ1) is 13.3. The van der Waals surface area contributed by atoms with Crippen molar-refractivity contribution in [3.8, 4) is 11.5 Å². The second-order valence-electron chi connectivity index (χ2n) is 5.69. The van der Waals surface area contributed by atoms with Crippen molar-refractivity contribution in [1.29, 1.82) is 0 Å². The van der Waals surface area contributed by atoms with Gasteiger partial charge in [0, 0.05) is 10.4 Å². The van der Waals surface area contributed by atoms with Gasteiger partial charge >= 0.3 is 6.09 Å². The van der Waals surface area contributed by atoms with Gasteiger partial charge in [0.15, 0.2) is 11.5 Å². The molecule has 0 unspecified atom stereocenters. The van der Waals surface area contributed by atoms with Gasteiger partial charge in [-0.1, -0.05) is 0 Å². The lowest BCUT2D eigenvalue weighted by molar-refractivity contribution is 0.0925. The second-order valence-corrected chi connectivity index (χ2v) is 6.91. The van der Waals surface area contributed by atoms with Gasteiger partial charge in [-0.25, -0.2) is 4.79 Å². The first-order valence-electron chi connectivity index (χ1n) is 8.43. The number of benzene rings is 1. The number of aryl methyl sites for hydroxylation is 1. The molecule has 1 aromatic carbocycles. The predicted molar refractivity (Wildman–Crippen MR) is 106 cm³/mol. The Balaban J connectivity index is 2.29. The zero-order chi connectivity index (χ0) is 20.8. The summed E-state index contributed by atoms with van der Waals surface area (Å²) in [6.07, 6.45) is -0.840. The summed E-state index contributed by atoms with van der Waals surface area (Å²) in [7, 11) is 2.98. The molecule has 0 aliphatic heterocycles. The number of rotatable bonds is 6. The maximum atomic E-state index is 12.7. The van der Waals surface area contributed by atoms with E-state index in [9.17, 15) is 14.4 Å². The molecule has 1 aromatic heterocycles. The molecule has 8 nitrogen and oxygen atoms in total. The summed E-state index contributed by atoms with van der Waals surface area (Å²) in [4.78, 5) is 37.6. The van der Waals surface area contributed by atoms with Gasteiger partial charge in [-0.15, -0.1) is 11.3 Å². The molecule has 0 saturated heterocycles. The Labute approximate surface area is 166 Å². The number of imide groups is 1. The minimum absolute atomic E-state index is 0.143. The molecule has 2 rings (SSSR count). The van der Waals surface area contributed by atoms with Crippen LogP contribution in [-0.4, -0.2) is 38.7 Å². The molecule has 2 aromatic rings. The van der Waals surface area contributed by atoms with Crippen LogP contribution in [0.5, 0.6) is 11.5 Å². The maximum Gasteiger partial charge on any atom is 0.414 e. The number of alkyl carbamates (subject to hydrolysis) is 1. The lowest BCUT2D eigenvalue weighted by Crippen LogP contribution is -2.31. The van der Waals surface area contributed by atoms with Crippen molar-refractivity contribution in [3.05, 3.63) is 39.8 Å². The number of nitrogens with one attached hydrogen (secondary N) is 2. The standard InChI is InChI=1S/C19H22N2O6S/c1-6-27-19(24)21-17(23)15-10(2)11(3)28-18(15)20-16(22)12-7-8-13(25-4)14(9-12)26-5/h7-9H,6H2,1-5H3,(H,20,22)(H,21,23,24). The van der Waals surface area contributed by atoms with E-state index in [0.717, 1.165) is 4.88 Å². The maximum absolute atomic E-state index is 12.7. The van der Waals surface area contributed by atoms with Crippen molar-refractivity contribution >= 4 is 34.2 Å². The third-order valence-electron chi connectivity index (χ3n) is 3.98. The zero-order valence-electron chi connectivity index (χ0n) is 16.3. The number of carbonyl (C=O) groups is 3. The number of amides is 3. The van der Waals surface area contributed by atoms with Crippen LogP contribution in [0.1, 0.15) is 38.1 Å². The number of hydrogen-bond donors (Lipinski definition) is 2. The first kappa shape index (κ1) is 21.2. The van der Waals surface area contributed by atoms with E-state index in [1.54, 1.807) is 32.0 Å². The van der Waals surface area contributed by atoms with Crippen molar-refractivity contribution in [2.24, 2.45) is 0 Å². The van der Waals surface area contributed by atoms with Crippen LogP contribution in [0, 0.1) is 13.8 Å². The molecule has 1 heterocycles. The molecule has 0 bridgehead atoms. The van der Waals surface area contributed by atoms with Gasteiger partial charge < -0.3 is 19.5 Å². The largest absolute Gasteiger partial charge is 0.493 e. The Morgan fingerprint density at radius 1 is 1.04 bits per heavy atom. The van der Waals surface area contributed by atoms with Gasteiger partial charge in [0.25, 0.3) is 11.8 Å². The Morgan fingerprint density at radius 2 is 1.71 bits per heavy atom. The minimum Gasteiger partial charge on any atom is -0.493 e. The van der Waals surface area contributed by atoms with Crippen LogP contribution in [0.3, 0.4) is 0 Å². The third-order valence-corrected chi connectivity index (χ3v) is 5.10. The summed E-state index contributed by atoms with van der Waals surface area (Å²) in [6.45, 7) is 5.35. The van der Waals surface area contributed by atoms with Gasteiger partial charge in [0.1, 0.15) is 5.00 Å². The van der Waals surface area contributed by atoms with Crippen LogP contribution >= 0.6 is 11.3 Å². The van der Waals surface area contributed by atoms with Crippen molar-refractivity contribution in [2.75, 3.05) is 26.1 Å². The smallest absolute Gasteiger partial charge is 0.414 e. The van der Waals surface area contributed by atoms with E-state index >= 15 is 0 Å². The van der Waals surface area contributed by atoms with Crippen LogP contribution in [0.4, 0.5) is 9.80 Å². The highest BCUT2D eigenvalue weighted by molar-refractivity contribution is 7.16. The highest BCUT2D eigenvalue weighted by atomic mass is 32.1. The van der Waals surface area contributed by atoms with E-state index in [0.29, 0.717) is 27.6 Å². The summed E-state index contributed by atoms with van der Waals surface area (Å²) in [5.74, 6) is -0.152. The summed E-state index contributed by atoms with van der Waals surface area (Å²) in [5, 5.41) is 5.23. The topological polar surface area (TPSA) is 103 Å². The average molecular weight is 406 g/mol. The van der Waals surface area contributed by atoms with E-state index in [1.165, 1.54) is 25.6 Å². The second kappa shape index (κ2) is 9.23. The Hall–Kier alpha value is -3.07. The van der Waals surface area contributed by atoms with Gasteiger partial charge in [-0.05, 0) is 44.5 Å². The van der Waals surface area contributed by atoms with E-state index in [-0.39, 0.29) is 12.2 Å². The number of thiophene rings is 1. The molecular weight excluding hydrogens is 384 g/mol. The van der Waals surface area contributed by atoms with E-state index < -0.39 is 17.9 Å². The van der Waals surface area contributed by atoms with Gasteiger partial charge in [-0.2, -0.15) is 0 Å². The van der Waals surface area contributed by atoms with Crippen LogP contribution in [0.2, 0.25) is 0 Å². The molecule has 0 aliphatic carbocycles. The monoisotopic (exact) mass is 406 g/mol. The fourth-order valence-electron chi connectivity index (χ4n) is 2.46. The number of ether oxygens (including phenoxy) is 3. The van der Waals surface area contributed by atoms with Crippen LogP contribution in [0.25, 0.3) is 0 Å². The molecule has 0 radical (unpaired) electrons. The van der Waals surface area contributed by atoms with Gasteiger partial charge in [0.05, 0.1) is 26.4 Å². The van der Waals surface area contributed by atoms with E-state index in [2.05, 4.69) is 10.6 Å².